The molecule has 0 aliphatic carbocycles. The molecule has 0 saturated carbocycles. The zero-order chi connectivity index (χ0) is 10.8. The summed E-state index contributed by atoms with van der Waals surface area (Å²) in [6, 6.07) is 1.90. The van der Waals surface area contributed by atoms with Crippen LogP contribution in [0.3, 0.4) is 0 Å². The first-order valence-electron chi connectivity index (χ1n) is 4.91. The molecule has 15 heavy (non-hydrogen) atoms. The Morgan fingerprint density at radius 3 is 2.87 bits per heavy atom. The van der Waals surface area contributed by atoms with Crippen LogP contribution in [0.1, 0.15) is 18.3 Å². The van der Waals surface area contributed by atoms with Gasteiger partial charge in [-0.3, -0.25) is 9.36 Å². The molecular formula is C10H13ClN4. The summed E-state index contributed by atoms with van der Waals surface area (Å²) in [5, 5.41) is 9.25. The van der Waals surface area contributed by atoms with Crippen LogP contribution in [-0.4, -0.2) is 19.6 Å². The third-order valence-corrected chi connectivity index (χ3v) is 2.82. The molecular weight excluding hydrogens is 212 g/mol. The standard InChI is InChI=1S/C10H13ClN4/c1-3-15-9(10(11)8(2)13-15)7-14-6-4-5-12-14/h4-6H,3,7H2,1-2H3. The second-order valence-corrected chi connectivity index (χ2v) is 3.74. The third-order valence-electron chi connectivity index (χ3n) is 2.32. The Morgan fingerprint density at radius 2 is 2.27 bits per heavy atom. The molecule has 0 fully saturated rings. The highest BCUT2D eigenvalue weighted by Gasteiger charge is 2.12. The van der Waals surface area contributed by atoms with Crippen molar-refractivity contribution in [2.75, 3.05) is 0 Å². The van der Waals surface area contributed by atoms with E-state index in [9.17, 15) is 0 Å². The van der Waals surface area contributed by atoms with Crippen LogP contribution in [0.2, 0.25) is 5.02 Å². The van der Waals surface area contributed by atoms with Crippen molar-refractivity contribution < 1.29 is 0 Å². The molecule has 0 amide bonds. The maximum atomic E-state index is 6.19. The molecule has 0 bridgehead atoms. The summed E-state index contributed by atoms with van der Waals surface area (Å²) < 4.78 is 3.76. The van der Waals surface area contributed by atoms with Crippen molar-refractivity contribution >= 4 is 11.6 Å². The minimum Gasteiger partial charge on any atom is -0.267 e. The van der Waals surface area contributed by atoms with E-state index in [4.69, 9.17) is 11.6 Å². The van der Waals surface area contributed by atoms with Gasteiger partial charge in [-0.15, -0.1) is 0 Å². The molecule has 0 radical (unpaired) electrons. The van der Waals surface area contributed by atoms with E-state index in [2.05, 4.69) is 17.1 Å². The maximum Gasteiger partial charge on any atom is 0.0866 e. The molecule has 0 aromatic carbocycles. The molecule has 0 atom stereocenters. The maximum absolute atomic E-state index is 6.19. The molecule has 0 unspecified atom stereocenters. The van der Waals surface area contributed by atoms with E-state index in [1.807, 2.05) is 28.6 Å². The van der Waals surface area contributed by atoms with Gasteiger partial charge in [-0.05, 0) is 19.9 Å². The number of aromatic nitrogens is 4. The molecule has 0 spiro atoms. The van der Waals surface area contributed by atoms with Gasteiger partial charge in [-0.2, -0.15) is 10.2 Å². The fraction of sp³-hybridized carbons (Fsp3) is 0.400. The molecule has 0 saturated heterocycles. The van der Waals surface area contributed by atoms with Crippen LogP contribution in [0.5, 0.6) is 0 Å². The monoisotopic (exact) mass is 224 g/mol. The van der Waals surface area contributed by atoms with Gasteiger partial charge in [0.05, 0.1) is 23.0 Å². The smallest absolute Gasteiger partial charge is 0.0866 e. The van der Waals surface area contributed by atoms with Crippen molar-refractivity contribution in [2.24, 2.45) is 0 Å². The second kappa shape index (κ2) is 4.06. The summed E-state index contributed by atoms with van der Waals surface area (Å²) in [5.74, 6) is 0. The van der Waals surface area contributed by atoms with Gasteiger partial charge in [0.25, 0.3) is 0 Å². The van der Waals surface area contributed by atoms with E-state index in [0.29, 0.717) is 6.54 Å². The van der Waals surface area contributed by atoms with Crippen LogP contribution in [-0.2, 0) is 13.1 Å². The number of rotatable bonds is 3. The van der Waals surface area contributed by atoms with Crippen molar-refractivity contribution in [1.29, 1.82) is 0 Å². The second-order valence-electron chi connectivity index (χ2n) is 3.37. The molecule has 2 rings (SSSR count). The quantitative estimate of drug-likeness (QED) is 0.801. The Bertz CT molecular complexity index is 444. The largest absolute Gasteiger partial charge is 0.267 e. The van der Waals surface area contributed by atoms with Crippen LogP contribution in [0.25, 0.3) is 0 Å². The molecule has 5 heteroatoms. The summed E-state index contributed by atoms with van der Waals surface area (Å²) in [4.78, 5) is 0. The van der Waals surface area contributed by atoms with Crippen molar-refractivity contribution in [2.45, 2.75) is 26.9 Å². The molecule has 2 aromatic rings. The van der Waals surface area contributed by atoms with E-state index in [1.165, 1.54) is 0 Å². The summed E-state index contributed by atoms with van der Waals surface area (Å²) in [6.07, 6.45) is 3.67. The topological polar surface area (TPSA) is 35.6 Å². The van der Waals surface area contributed by atoms with Crippen molar-refractivity contribution in [3.05, 3.63) is 34.9 Å². The lowest BCUT2D eigenvalue weighted by atomic mass is 10.3. The summed E-state index contributed by atoms with van der Waals surface area (Å²) in [5.41, 5.74) is 1.89. The van der Waals surface area contributed by atoms with E-state index < -0.39 is 0 Å². The van der Waals surface area contributed by atoms with Crippen molar-refractivity contribution in [3.63, 3.8) is 0 Å². The Morgan fingerprint density at radius 1 is 1.47 bits per heavy atom. The van der Waals surface area contributed by atoms with Crippen LogP contribution in [0, 0.1) is 6.92 Å². The fourth-order valence-corrected chi connectivity index (χ4v) is 1.76. The lowest BCUT2D eigenvalue weighted by molar-refractivity contribution is 0.575. The van der Waals surface area contributed by atoms with Gasteiger partial charge in [0.15, 0.2) is 0 Å². The number of nitrogens with zero attached hydrogens (tertiary/aromatic N) is 4. The fourth-order valence-electron chi connectivity index (χ4n) is 1.57. The Labute approximate surface area is 93.5 Å². The molecule has 80 valence electrons. The number of halogens is 1. The SMILES string of the molecule is CCn1nc(C)c(Cl)c1Cn1cccn1. The van der Waals surface area contributed by atoms with E-state index in [-0.39, 0.29) is 0 Å². The van der Waals surface area contributed by atoms with Gasteiger partial charge in [0.1, 0.15) is 0 Å². The molecule has 0 N–H and O–H groups in total. The summed E-state index contributed by atoms with van der Waals surface area (Å²) in [7, 11) is 0. The molecule has 2 aromatic heterocycles. The normalized spacial score (nSPS) is 10.9. The average Bonchev–Trinajstić information content (AvgIpc) is 2.82. The Kier molecular flexibility index (Phi) is 2.77. The van der Waals surface area contributed by atoms with Crippen LogP contribution in [0.15, 0.2) is 18.5 Å². The van der Waals surface area contributed by atoms with Crippen molar-refractivity contribution in [3.8, 4) is 0 Å². The van der Waals surface area contributed by atoms with E-state index in [1.54, 1.807) is 6.20 Å². The van der Waals surface area contributed by atoms with Crippen molar-refractivity contribution in [1.82, 2.24) is 19.6 Å². The third kappa shape index (κ3) is 1.90. The minimum absolute atomic E-state index is 0.667. The zero-order valence-electron chi connectivity index (χ0n) is 8.81. The van der Waals surface area contributed by atoms with Crippen LogP contribution >= 0.6 is 11.6 Å². The first-order chi connectivity index (χ1) is 7.22. The average molecular weight is 225 g/mol. The predicted octanol–water partition coefficient (Wildman–Crippen LogP) is 2.11. The molecule has 0 aliphatic rings. The van der Waals surface area contributed by atoms with E-state index >= 15 is 0 Å². The lowest BCUT2D eigenvalue weighted by Gasteiger charge is -2.05. The molecule has 4 nitrogen and oxygen atoms in total. The first-order valence-corrected chi connectivity index (χ1v) is 5.29. The predicted molar refractivity (Wildman–Crippen MR) is 59.0 cm³/mol. The minimum atomic E-state index is 0.667. The molecule has 0 aliphatic heterocycles. The van der Waals surface area contributed by atoms with Gasteiger partial charge in [0.2, 0.25) is 0 Å². The summed E-state index contributed by atoms with van der Waals surface area (Å²) >= 11 is 6.19. The van der Waals surface area contributed by atoms with Gasteiger partial charge in [-0.1, -0.05) is 11.6 Å². The van der Waals surface area contributed by atoms with Gasteiger partial charge >= 0.3 is 0 Å². The Hall–Kier alpha value is -1.29. The van der Waals surface area contributed by atoms with Crippen LogP contribution in [0.4, 0.5) is 0 Å². The zero-order valence-corrected chi connectivity index (χ0v) is 9.57. The van der Waals surface area contributed by atoms with Gasteiger partial charge < -0.3 is 0 Å². The Balaban J connectivity index is 2.34. The number of hydrogen-bond acceptors (Lipinski definition) is 2. The van der Waals surface area contributed by atoms with Gasteiger partial charge in [-0.25, -0.2) is 0 Å². The first kappa shape index (κ1) is 10.2. The van der Waals surface area contributed by atoms with E-state index in [0.717, 1.165) is 23.0 Å². The number of hydrogen-bond donors (Lipinski definition) is 0. The highest BCUT2D eigenvalue weighted by atomic mass is 35.5. The number of aryl methyl sites for hydroxylation is 2. The van der Waals surface area contributed by atoms with Crippen LogP contribution < -0.4 is 0 Å². The lowest BCUT2D eigenvalue weighted by Crippen LogP contribution is -2.08. The highest BCUT2D eigenvalue weighted by molar-refractivity contribution is 6.31. The molecule has 2 heterocycles. The highest BCUT2D eigenvalue weighted by Crippen LogP contribution is 2.20. The summed E-state index contributed by atoms with van der Waals surface area (Å²) in [6.45, 7) is 5.46. The van der Waals surface area contributed by atoms with Gasteiger partial charge in [0, 0.05) is 18.9 Å².